The molecule has 0 aliphatic heterocycles. The number of hydrogen-bond acceptors (Lipinski definition) is 5. The second kappa shape index (κ2) is 11.8. The topological polar surface area (TPSA) is 38.7 Å². The van der Waals surface area contributed by atoms with Gasteiger partial charge in [0.25, 0.3) is 0 Å². The molecule has 0 saturated heterocycles. The third kappa shape index (κ3) is 4.98. The molecule has 0 fully saturated rings. The first-order chi connectivity index (χ1) is 24.7. The fraction of sp³-hybridized carbons (Fsp3) is 0. The molecule has 0 atom stereocenters. The van der Waals surface area contributed by atoms with Crippen molar-refractivity contribution in [1.29, 1.82) is 0 Å². The van der Waals surface area contributed by atoms with Crippen LogP contribution in [0.25, 0.3) is 96.8 Å². The zero-order valence-electron chi connectivity index (χ0n) is 26.7. The first-order valence-electron chi connectivity index (χ1n) is 16.6. The molecule has 0 bridgehead atoms. The Balaban J connectivity index is 1.15. The lowest BCUT2D eigenvalue weighted by Gasteiger charge is -2.13. The molecule has 0 radical (unpaired) electrons. The predicted molar refractivity (Wildman–Crippen MR) is 213 cm³/mol. The van der Waals surface area contributed by atoms with Crippen molar-refractivity contribution in [1.82, 2.24) is 15.0 Å². The van der Waals surface area contributed by atoms with E-state index in [1.54, 1.807) is 11.3 Å². The van der Waals surface area contributed by atoms with E-state index in [1.807, 2.05) is 17.4 Å². The molecular weight excluding hydrogens is 647 g/mol. The summed E-state index contributed by atoms with van der Waals surface area (Å²) in [6, 6.07) is 58.0. The molecule has 5 heteroatoms. The Labute approximate surface area is 296 Å². The highest BCUT2D eigenvalue weighted by Crippen LogP contribution is 2.39. The summed E-state index contributed by atoms with van der Waals surface area (Å²) in [5, 5.41) is 5.00. The predicted octanol–water partition coefficient (Wildman–Crippen LogP) is 12.9. The van der Waals surface area contributed by atoms with Crippen LogP contribution >= 0.6 is 22.7 Å². The second-order valence-electron chi connectivity index (χ2n) is 12.4. The average Bonchev–Trinajstić information content (AvgIpc) is 3.76. The molecule has 0 spiro atoms. The SMILES string of the molecule is c1ccc(-c2ccc(-c3ccccc3-c3nc(-c4ccc5c(c4)sc4ccccc45)nc(-c4ccc5sc6ccccc6c5c4)n3)cc2)cc1. The summed E-state index contributed by atoms with van der Waals surface area (Å²) in [5.41, 5.74) is 7.49. The molecule has 0 saturated carbocycles. The van der Waals surface area contributed by atoms with Gasteiger partial charge in [0.1, 0.15) is 0 Å². The number of thiophene rings is 2. The van der Waals surface area contributed by atoms with E-state index in [-0.39, 0.29) is 0 Å². The Morgan fingerprint density at radius 3 is 1.52 bits per heavy atom. The maximum atomic E-state index is 5.20. The zero-order valence-corrected chi connectivity index (χ0v) is 28.4. The largest absolute Gasteiger partial charge is 0.208 e. The van der Waals surface area contributed by atoms with E-state index in [9.17, 15) is 0 Å². The summed E-state index contributed by atoms with van der Waals surface area (Å²) in [4.78, 5) is 15.6. The smallest absolute Gasteiger partial charge is 0.164 e. The van der Waals surface area contributed by atoms with Crippen LogP contribution in [0.5, 0.6) is 0 Å². The van der Waals surface area contributed by atoms with Crippen molar-refractivity contribution in [2.75, 3.05) is 0 Å². The summed E-state index contributed by atoms with van der Waals surface area (Å²) in [5.74, 6) is 1.97. The van der Waals surface area contributed by atoms with Crippen LogP contribution in [0, 0.1) is 0 Å². The van der Waals surface area contributed by atoms with Gasteiger partial charge in [-0.25, -0.2) is 15.0 Å². The van der Waals surface area contributed by atoms with E-state index in [1.165, 1.54) is 51.5 Å². The lowest BCUT2D eigenvalue weighted by atomic mass is 9.96. The third-order valence-electron chi connectivity index (χ3n) is 9.38. The average molecular weight is 674 g/mol. The van der Waals surface area contributed by atoms with Crippen LogP contribution < -0.4 is 0 Å². The maximum absolute atomic E-state index is 5.20. The van der Waals surface area contributed by atoms with E-state index in [0.29, 0.717) is 17.5 Å². The van der Waals surface area contributed by atoms with E-state index in [2.05, 4.69) is 158 Å². The molecule has 50 heavy (non-hydrogen) atoms. The number of benzene rings is 7. The number of rotatable bonds is 5. The number of aromatic nitrogens is 3. The second-order valence-corrected chi connectivity index (χ2v) is 14.6. The Kier molecular flexibility index (Phi) is 6.86. The Bertz CT molecular complexity index is 2870. The van der Waals surface area contributed by atoms with Crippen molar-refractivity contribution in [3.05, 3.63) is 164 Å². The molecule has 3 heterocycles. The van der Waals surface area contributed by atoms with Crippen molar-refractivity contribution < 1.29 is 0 Å². The van der Waals surface area contributed by atoms with Gasteiger partial charge in [-0.2, -0.15) is 0 Å². The fourth-order valence-electron chi connectivity index (χ4n) is 6.89. The molecule has 7 aromatic carbocycles. The highest BCUT2D eigenvalue weighted by molar-refractivity contribution is 7.26. The van der Waals surface area contributed by atoms with Gasteiger partial charge in [0, 0.05) is 57.0 Å². The van der Waals surface area contributed by atoms with Gasteiger partial charge in [-0.3, -0.25) is 0 Å². The summed E-state index contributed by atoms with van der Waals surface area (Å²) in [6.07, 6.45) is 0. The molecule has 234 valence electrons. The molecule has 0 amide bonds. The van der Waals surface area contributed by atoms with Gasteiger partial charge in [0.05, 0.1) is 0 Å². The van der Waals surface area contributed by atoms with E-state index in [4.69, 9.17) is 15.0 Å². The molecule has 0 aliphatic carbocycles. The van der Waals surface area contributed by atoms with Gasteiger partial charge in [-0.15, -0.1) is 22.7 Å². The molecule has 3 aromatic heterocycles. The highest BCUT2D eigenvalue weighted by Gasteiger charge is 2.17. The minimum Gasteiger partial charge on any atom is -0.208 e. The standard InChI is InChI=1S/C45H27N3S2/c1-2-10-28(11-3-1)29-18-20-30(21-19-29)33-12-4-5-15-37(33)45-47-43(31-23-25-41-38(26-31)35-14-7-9-17-40(35)49-41)46-44(48-45)32-22-24-36-34-13-6-8-16-39(34)50-42(36)27-32/h1-27H. The van der Waals surface area contributed by atoms with Crippen molar-refractivity contribution in [2.45, 2.75) is 0 Å². The molecule has 10 aromatic rings. The Morgan fingerprint density at radius 2 is 0.760 bits per heavy atom. The third-order valence-corrected chi connectivity index (χ3v) is 11.7. The van der Waals surface area contributed by atoms with Gasteiger partial charge in [-0.1, -0.05) is 127 Å². The maximum Gasteiger partial charge on any atom is 0.164 e. The van der Waals surface area contributed by atoms with Gasteiger partial charge in [0.15, 0.2) is 17.5 Å². The van der Waals surface area contributed by atoms with Crippen LogP contribution in [-0.4, -0.2) is 15.0 Å². The van der Waals surface area contributed by atoms with E-state index >= 15 is 0 Å². The van der Waals surface area contributed by atoms with Gasteiger partial charge in [0.2, 0.25) is 0 Å². The van der Waals surface area contributed by atoms with E-state index in [0.717, 1.165) is 27.8 Å². The fourth-order valence-corrected chi connectivity index (χ4v) is 9.12. The summed E-state index contributed by atoms with van der Waals surface area (Å²) >= 11 is 3.62. The summed E-state index contributed by atoms with van der Waals surface area (Å²) in [7, 11) is 0. The van der Waals surface area contributed by atoms with Gasteiger partial charge in [-0.05, 0) is 58.7 Å². The lowest BCUT2D eigenvalue weighted by molar-refractivity contribution is 1.08. The van der Waals surface area contributed by atoms with Crippen molar-refractivity contribution in [3.63, 3.8) is 0 Å². The van der Waals surface area contributed by atoms with Crippen LogP contribution in [0.3, 0.4) is 0 Å². The molecule has 3 nitrogen and oxygen atoms in total. The minimum absolute atomic E-state index is 0.652. The quantitative estimate of drug-likeness (QED) is 0.182. The van der Waals surface area contributed by atoms with E-state index < -0.39 is 0 Å². The van der Waals surface area contributed by atoms with Crippen LogP contribution in [0.1, 0.15) is 0 Å². The first kappa shape index (κ1) is 29.0. The Morgan fingerprint density at radius 1 is 0.280 bits per heavy atom. The summed E-state index contributed by atoms with van der Waals surface area (Å²) in [6.45, 7) is 0. The van der Waals surface area contributed by atoms with Crippen LogP contribution in [0.4, 0.5) is 0 Å². The number of hydrogen-bond donors (Lipinski definition) is 0. The highest BCUT2D eigenvalue weighted by atomic mass is 32.1. The molecule has 0 aliphatic rings. The van der Waals surface area contributed by atoms with Crippen molar-refractivity contribution >= 4 is 63.0 Å². The zero-order chi connectivity index (χ0) is 33.0. The normalized spacial score (nSPS) is 11.6. The lowest BCUT2D eigenvalue weighted by Crippen LogP contribution is -2.01. The molecule has 10 rings (SSSR count). The van der Waals surface area contributed by atoms with Gasteiger partial charge >= 0.3 is 0 Å². The van der Waals surface area contributed by atoms with Gasteiger partial charge < -0.3 is 0 Å². The van der Waals surface area contributed by atoms with Crippen molar-refractivity contribution in [3.8, 4) is 56.4 Å². The first-order valence-corrected chi connectivity index (χ1v) is 18.2. The van der Waals surface area contributed by atoms with Crippen molar-refractivity contribution in [2.24, 2.45) is 0 Å². The minimum atomic E-state index is 0.652. The Hall–Kier alpha value is -6.01. The number of fused-ring (bicyclic) bond motifs is 6. The monoisotopic (exact) mass is 673 g/mol. The molecular formula is C45H27N3S2. The van der Waals surface area contributed by atoms with Crippen LogP contribution in [0.2, 0.25) is 0 Å². The van der Waals surface area contributed by atoms with Crippen LogP contribution in [0.15, 0.2) is 164 Å². The number of nitrogens with zero attached hydrogens (tertiary/aromatic N) is 3. The molecule has 0 N–H and O–H groups in total. The molecule has 0 unspecified atom stereocenters. The van der Waals surface area contributed by atoms with Crippen LogP contribution in [-0.2, 0) is 0 Å². The summed E-state index contributed by atoms with van der Waals surface area (Å²) < 4.78 is 5.03.